The summed E-state index contributed by atoms with van der Waals surface area (Å²) in [6.07, 6.45) is 5.85. The number of rotatable bonds is 3. The number of halogens is 1. The molecule has 1 amide bonds. The molecule has 110 valence electrons. The maximum atomic E-state index is 13.6. The Kier molecular flexibility index (Phi) is 3.60. The lowest BCUT2D eigenvalue weighted by molar-refractivity contribution is -0.116. The summed E-state index contributed by atoms with van der Waals surface area (Å²) >= 11 is 0. The van der Waals surface area contributed by atoms with Crippen LogP contribution >= 0.6 is 0 Å². The number of aromatic nitrogens is 2. The number of hydrogen-bond donors (Lipinski definition) is 2. The van der Waals surface area contributed by atoms with Gasteiger partial charge in [0.05, 0.1) is 17.7 Å². The largest absolute Gasteiger partial charge is 0.399 e. The number of carbonyl (C=O) groups is 1. The summed E-state index contributed by atoms with van der Waals surface area (Å²) in [4.78, 5) is 16.4. The van der Waals surface area contributed by atoms with E-state index in [0.717, 1.165) is 37.1 Å². The predicted molar refractivity (Wildman–Crippen MR) is 78.3 cm³/mol. The highest BCUT2D eigenvalue weighted by atomic mass is 19.1. The average Bonchev–Trinajstić information content (AvgIpc) is 2.86. The zero-order valence-electron chi connectivity index (χ0n) is 11.6. The van der Waals surface area contributed by atoms with Gasteiger partial charge in [0.15, 0.2) is 0 Å². The number of nitrogen functional groups attached to an aromatic ring is 1. The standard InChI is InChI=1S/C15H17FN4O/c16-11-6-5-10(17)7-13(11)19-15(21)8-20-9-18-12-3-1-2-4-14(12)20/h5-7,9H,1-4,8,17H2,(H,19,21). The van der Waals surface area contributed by atoms with Gasteiger partial charge in [-0.05, 0) is 43.9 Å². The van der Waals surface area contributed by atoms with E-state index in [1.807, 2.05) is 4.57 Å². The van der Waals surface area contributed by atoms with Gasteiger partial charge in [-0.1, -0.05) is 0 Å². The summed E-state index contributed by atoms with van der Waals surface area (Å²) in [7, 11) is 0. The molecule has 0 spiro atoms. The molecule has 0 bridgehead atoms. The molecule has 0 atom stereocenters. The number of benzene rings is 1. The van der Waals surface area contributed by atoms with Crippen LogP contribution in [0.2, 0.25) is 0 Å². The van der Waals surface area contributed by atoms with Crippen molar-refractivity contribution in [1.82, 2.24) is 9.55 Å². The zero-order valence-corrected chi connectivity index (χ0v) is 11.6. The SMILES string of the molecule is Nc1ccc(F)c(NC(=O)Cn2cnc3c2CCCC3)c1. The monoisotopic (exact) mass is 288 g/mol. The number of nitrogens with two attached hydrogens (primary N) is 1. The van der Waals surface area contributed by atoms with Gasteiger partial charge in [-0.15, -0.1) is 0 Å². The minimum Gasteiger partial charge on any atom is -0.399 e. The molecule has 1 aromatic carbocycles. The van der Waals surface area contributed by atoms with Crippen LogP contribution in [0.1, 0.15) is 24.2 Å². The number of anilines is 2. The first-order valence-electron chi connectivity index (χ1n) is 7.01. The lowest BCUT2D eigenvalue weighted by Crippen LogP contribution is -2.21. The van der Waals surface area contributed by atoms with Crippen LogP contribution in [0.15, 0.2) is 24.5 Å². The first-order chi connectivity index (χ1) is 10.1. The van der Waals surface area contributed by atoms with Crippen molar-refractivity contribution in [3.8, 4) is 0 Å². The lowest BCUT2D eigenvalue weighted by Gasteiger charge is -2.14. The maximum absolute atomic E-state index is 13.6. The second-order valence-electron chi connectivity index (χ2n) is 5.26. The second-order valence-corrected chi connectivity index (χ2v) is 5.26. The molecule has 0 unspecified atom stereocenters. The first kappa shape index (κ1) is 13.6. The highest BCUT2D eigenvalue weighted by Gasteiger charge is 2.17. The quantitative estimate of drug-likeness (QED) is 0.850. The van der Waals surface area contributed by atoms with Gasteiger partial charge in [-0.25, -0.2) is 9.37 Å². The van der Waals surface area contributed by atoms with Crippen LogP contribution in [0.4, 0.5) is 15.8 Å². The van der Waals surface area contributed by atoms with E-state index in [4.69, 9.17) is 5.73 Å². The van der Waals surface area contributed by atoms with Crippen molar-refractivity contribution >= 4 is 17.3 Å². The Morgan fingerprint density at radius 3 is 3.05 bits per heavy atom. The number of nitrogens with one attached hydrogen (secondary N) is 1. The number of carbonyl (C=O) groups excluding carboxylic acids is 1. The number of imidazole rings is 1. The van der Waals surface area contributed by atoms with Crippen LogP contribution in [-0.2, 0) is 24.2 Å². The molecule has 2 aromatic rings. The smallest absolute Gasteiger partial charge is 0.244 e. The molecular formula is C15H17FN4O. The average molecular weight is 288 g/mol. The van der Waals surface area contributed by atoms with Gasteiger partial charge in [0.25, 0.3) is 0 Å². The van der Waals surface area contributed by atoms with E-state index in [2.05, 4.69) is 10.3 Å². The molecule has 0 radical (unpaired) electrons. The Hall–Kier alpha value is -2.37. The molecule has 0 fully saturated rings. The van der Waals surface area contributed by atoms with Gasteiger partial charge in [0, 0.05) is 11.4 Å². The number of nitrogens with zero attached hydrogens (tertiary/aromatic N) is 2. The molecule has 3 N–H and O–H groups in total. The molecule has 1 aromatic heterocycles. The van der Waals surface area contributed by atoms with E-state index in [1.165, 1.54) is 18.2 Å². The molecule has 0 saturated carbocycles. The normalized spacial score (nSPS) is 13.8. The van der Waals surface area contributed by atoms with Gasteiger partial charge in [0.2, 0.25) is 5.91 Å². The van der Waals surface area contributed by atoms with Crippen molar-refractivity contribution < 1.29 is 9.18 Å². The van der Waals surface area contributed by atoms with Crippen molar-refractivity contribution in [2.24, 2.45) is 0 Å². The van der Waals surface area contributed by atoms with Gasteiger partial charge < -0.3 is 15.6 Å². The Labute approximate surface area is 122 Å². The molecule has 3 rings (SSSR count). The zero-order chi connectivity index (χ0) is 14.8. The molecular weight excluding hydrogens is 271 g/mol. The Bertz CT molecular complexity index is 680. The van der Waals surface area contributed by atoms with Crippen molar-refractivity contribution in [3.63, 3.8) is 0 Å². The van der Waals surface area contributed by atoms with Gasteiger partial charge in [0.1, 0.15) is 12.4 Å². The number of amides is 1. The lowest BCUT2D eigenvalue weighted by atomic mass is 10.0. The number of hydrogen-bond acceptors (Lipinski definition) is 3. The van der Waals surface area contributed by atoms with Crippen molar-refractivity contribution in [2.75, 3.05) is 11.1 Å². The van der Waals surface area contributed by atoms with E-state index < -0.39 is 5.82 Å². The Morgan fingerprint density at radius 2 is 2.19 bits per heavy atom. The van der Waals surface area contributed by atoms with Gasteiger partial charge >= 0.3 is 0 Å². The molecule has 1 heterocycles. The molecule has 21 heavy (non-hydrogen) atoms. The number of aryl methyl sites for hydroxylation is 1. The van der Waals surface area contributed by atoms with E-state index in [0.29, 0.717) is 5.69 Å². The van der Waals surface area contributed by atoms with Crippen molar-refractivity contribution in [3.05, 3.63) is 41.7 Å². The van der Waals surface area contributed by atoms with Crippen LogP contribution in [-0.4, -0.2) is 15.5 Å². The summed E-state index contributed by atoms with van der Waals surface area (Å²) in [6, 6.07) is 4.11. The summed E-state index contributed by atoms with van der Waals surface area (Å²) in [5.41, 5.74) is 8.30. The van der Waals surface area contributed by atoms with Crippen molar-refractivity contribution in [1.29, 1.82) is 0 Å². The van der Waals surface area contributed by atoms with E-state index in [-0.39, 0.29) is 18.1 Å². The third kappa shape index (κ3) is 2.89. The fourth-order valence-corrected chi connectivity index (χ4v) is 2.65. The molecule has 6 heteroatoms. The van der Waals surface area contributed by atoms with E-state index in [1.54, 1.807) is 6.33 Å². The minimum absolute atomic E-state index is 0.106. The fourth-order valence-electron chi connectivity index (χ4n) is 2.65. The summed E-state index contributed by atoms with van der Waals surface area (Å²) in [5.74, 6) is -0.782. The third-order valence-corrected chi connectivity index (χ3v) is 3.69. The summed E-state index contributed by atoms with van der Waals surface area (Å²) in [6.45, 7) is 0.135. The third-order valence-electron chi connectivity index (χ3n) is 3.69. The summed E-state index contributed by atoms with van der Waals surface area (Å²) in [5, 5.41) is 2.55. The molecule has 0 saturated heterocycles. The molecule has 1 aliphatic carbocycles. The Morgan fingerprint density at radius 1 is 1.38 bits per heavy atom. The van der Waals surface area contributed by atoms with E-state index >= 15 is 0 Å². The number of fused-ring (bicyclic) bond motifs is 1. The van der Waals surface area contributed by atoms with Crippen LogP contribution < -0.4 is 11.1 Å². The maximum Gasteiger partial charge on any atom is 0.244 e. The predicted octanol–water partition coefficient (Wildman–Crippen LogP) is 2.12. The first-order valence-corrected chi connectivity index (χ1v) is 7.01. The molecule has 1 aliphatic rings. The van der Waals surface area contributed by atoms with E-state index in [9.17, 15) is 9.18 Å². The minimum atomic E-state index is -0.495. The summed E-state index contributed by atoms with van der Waals surface area (Å²) < 4.78 is 15.4. The molecule has 5 nitrogen and oxygen atoms in total. The van der Waals surface area contributed by atoms with Gasteiger partial charge in [-0.2, -0.15) is 0 Å². The molecule has 0 aliphatic heterocycles. The fraction of sp³-hybridized carbons (Fsp3) is 0.333. The van der Waals surface area contributed by atoms with Crippen LogP contribution in [0.3, 0.4) is 0 Å². The van der Waals surface area contributed by atoms with Crippen LogP contribution in [0.25, 0.3) is 0 Å². The Balaban J connectivity index is 1.72. The highest BCUT2D eigenvalue weighted by Crippen LogP contribution is 2.20. The van der Waals surface area contributed by atoms with Crippen LogP contribution in [0, 0.1) is 5.82 Å². The van der Waals surface area contributed by atoms with Crippen molar-refractivity contribution in [2.45, 2.75) is 32.2 Å². The second kappa shape index (κ2) is 5.55. The van der Waals surface area contributed by atoms with Crippen LogP contribution in [0.5, 0.6) is 0 Å². The topological polar surface area (TPSA) is 72.9 Å². The highest BCUT2D eigenvalue weighted by molar-refractivity contribution is 5.91. The van der Waals surface area contributed by atoms with Gasteiger partial charge in [-0.3, -0.25) is 4.79 Å².